The van der Waals surface area contributed by atoms with E-state index in [2.05, 4.69) is 29.8 Å². The largest absolute Gasteiger partial charge is 0.464 e. The van der Waals surface area contributed by atoms with Gasteiger partial charge < -0.3 is 14.2 Å². The molecule has 3 saturated heterocycles. The Hall–Kier alpha value is -3.53. The minimum atomic E-state index is -0.491. The fraction of sp³-hybridized carbons (Fsp3) is 0.423. The summed E-state index contributed by atoms with van der Waals surface area (Å²) in [5.41, 5.74) is 3.27. The quantitative estimate of drug-likeness (QED) is 0.401. The molecule has 7 rings (SSSR count). The molecule has 0 N–H and O–H groups in total. The third-order valence-corrected chi connectivity index (χ3v) is 7.32. The molecular weight excluding hydrogens is 464 g/mol. The number of piperidine rings is 3. The van der Waals surface area contributed by atoms with E-state index in [1.807, 2.05) is 6.92 Å². The normalized spacial score (nSPS) is 21.3. The lowest BCUT2D eigenvalue weighted by Crippen LogP contribution is -2.46. The van der Waals surface area contributed by atoms with Gasteiger partial charge in [0.1, 0.15) is 23.0 Å². The van der Waals surface area contributed by atoms with Crippen LogP contribution in [-0.4, -0.2) is 60.6 Å². The molecule has 0 aliphatic carbocycles. The fourth-order valence-electron chi connectivity index (χ4n) is 5.50. The van der Waals surface area contributed by atoms with Crippen molar-refractivity contribution in [3.63, 3.8) is 0 Å². The molecule has 36 heavy (non-hydrogen) atoms. The zero-order chi connectivity index (χ0) is 24.8. The Morgan fingerprint density at radius 1 is 1.06 bits per heavy atom. The van der Waals surface area contributed by atoms with Crippen LogP contribution in [0.25, 0.3) is 22.6 Å². The van der Waals surface area contributed by atoms with Gasteiger partial charge in [-0.1, -0.05) is 0 Å². The summed E-state index contributed by atoms with van der Waals surface area (Å²) < 4.78 is 36.8. The van der Waals surface area contributed by atoms with Crippen molar-refractivity contribution in [2.45, 2.75) is 39.2 Å². The number of halogens is 2. The first-order chi connectivity index (χ1) is 17.5. The van der Waals surface area contributed by atoms with Gasteiger partial charge in [0, 0.05) is 30.4 Å². The summed E-state index contributed by atoms with van der Waals surface area (Å²) in [5, 5.41) is 0. The summed E-state index contributed by atoms with van der Waals surface area (Å²) in [6, 6.07) is 3.18. The third kappa shape index (κ3) is 4.09. The van der Waals surface area contributed by atoms with Crippen molar-refractivity contribution in [1.82, 2.24) is 34.4 Å². The molecular formula is C26H27F2N7O. The average molecular weight is 492 g/mol. The van der Waals surface area contributed by atoms with Crippen molar-refractivity contribution >= 4 is 11.2 Å². The van der Waals surface area contributed by atoms with E-state index in [-0.39, 0.29) is 24.1 Å². The molecule has 0 aromatic carbocycles. The number of aromatic nitrogens is 6. The maximum Gasteiger partial charge on any atom is 0.318 e. The molecule has 186 valence electrons. The highest BCUT2D eigenvalue weighted by Crippen LogP contribution is 2.39. The fourth-order valence-corrected chi connectivity index (χ4v) is 5.50. The lowest BCUT2D eigenvalue weighted by Gasteiger charge is -2.45. The van der Waals surface area contributed by atoms with Crippen LogP contribution in [0.3, 0.4) is 0 Å². The van der Waals surface area contributed by atoms with E-state index in [0.29, 0.717) is 46.7 Å². The molecule has 0 radical (unpaired) electrons. The standard InChI is InChI=1S/C26H27F2N7O/c1-3-36-26-31-15(2)23-25(33-26)35(24(32-23)18-8-19(27)12-29-10-18)14-22-21(28)9-17(11-30-22)20-13-34-6-4-16(20)5-7-34/h8-12,16,20H,3-7,13-14H2,1-2H3. The van der Waals surface area contributed by atoms with Crippen molar-refractivity contribution in [1.29, 1.82) is 0 Å². The van der Waals surface area contributed by atoms with Gasteiger partial charge in [0.2, 0.25) is 0 Å². The van der Waals surface area contributed by atoms with E-state index in [9.17, 15) is 4.39 Å². The average Bonchev–Trinajstić information content (AvgIpc) is 3.25. The first-order valence-corrected chi connectivity index (χ1v) is 12.4. The van der Waals surface area contributed by atoms with Crippen LogP contribution in [-0.2, 0) is 6.54 Å². The molecule has 3 fully saturated rings. The van der Waals surface area contributed by atoms with Gasteiger partial charge in [-0.05, 0) is 63.4 Å². The summed E-state index contributed by atoms with van der Waals surface area (Å²) in [5.74, 6) is 0.449. The topological polar surface area (TPSA) is 81.8 Å². The van der Waals surface area contributed by atoms with Crippen LogP contribution in [0, 0.1) is 24.5 Å². The van der Waals surface area contributed by atoms with Crippen molar-refractivity contribution < 1.29 is 13.5 Å². The van der Waals surface area contributed by atoms with Gasteiger partial charge in [-0.3, -0.25) is 9.97 Å². The number of ether oxygens (including phenoxy) is 1. The van der Waals surface area contributed by atoms with Crippen LogP contribution in [0.4, 0.5) is 8.78 Å². The zero-order valence-electron chi connectivity index (χ0n) is 20.3. The number of rotatable bonds is 6. The van der Waals surface area contributed by atoms with Gasteiger partial charge in [0.05, 0.1) is 30.7 Å². The van der Waals surface area contributed by atoms with E-state index in [0.717, 1.165) is 44.2 Å². The van der Waals surface area contributed by atoms with Gasteiger partial charge in [0.15, 0.2) is 5.65 Å². The number of hydrogen-bond donors (Lipinski definition) is 0. The molecule has 3 aliphatic heterocycles. The number of fused-ring (bicyclic) bond motifs is 4. The molecule has 1 unspecified atom stereocenters. The smallest absolute Gasteiger partial charge is 0.318 e. The Kier molecular flexibility index (Phi) is 5.83. The minimum Gasteiger partial charge on any atom is -0.464 e. The van der Waals surface area contributed by atoms with Gasteiger partial charge in [0.25, 0.3) is 0 Å². The number of imidazole rings is 1. The van der Waals surface area contributed by atoms with E-state index in [1.54, 1.807) is 23.8 Å². The lowest BCUT2D eigenvalue weighted by atomic mass is 9.76. The highest BCUT2D eigenvalue weighted by Gasteiger charge is 2.35. The zero-order valence-corrected chi connectivity index (χ0v) is 20.3. The van der Waals surface area contributed by atoms with Crippen molar-refractivity contribution in [3.05, 3.63) is 59.3 Å². The van der Waals surface area contributed by atoms with E-state index in [4.69, 9.17) is 4.74 Å². The van der Waals surface area contributed by atoms with Crippen LogP contribution in [0.1, 0.15) is 42.6 Å². The number of pyridine rings is 2. The Morgan fingerprint density at radius 2 is 1.89 bits per heavy atom. The minimum absolute atomic E-state index is 0.0662. The number of nitrogens with zero attached hydrogens (tertiary/aromatic N) is 7. The summed E-state index contributed by atoms with van der Waals surface area (Å²) in [4.78, 5) is 24.6. The highest BCUT2D eigenvalue weighted by molar-refractivity contribution is 5.79. The van der Waals surface area contributed by atoms with Gasteiger partial charge >= 0.3 is 6.01 Å². The molecule has 4 aromatic rings. The third-order valence-electron chi connectivity index (χ3n) is 7.32. The van der Waals surface area contributed by atoms with Gasteiger partial charge in [-0.15, -0.1) is 0 Å². The maximum atomic E-state index is 15.5. The molecule has 4 aromatic heterocycles. The second kappa shape index (κ2) is 9.16. The molecule has 0 spiro atoms. The first-order valence-electron chi connectivity index (χ1n) is 12.4. The van der Waals surface area contributed by atoms with E-state index in [1.165, 1.54) is 12.3 Å². The maximum absolute atomic E-state index is 15.5. The Balaban J connectivity index is 1.42. The van der Waals surface area contributed by atoms with E-state index >= 15 is 4.39 Å². The molecule has 3 aliphatic rings. The number of aryl methyl sites for hydroxylation is 1. The molecule has 0 saturated carbocycles. The predicted octanol–water partition coefficient (Wildman–Crippen LogP) is 4.13. The molecule has 2 bridgehead atoms. The van der Waals surface area contributed by atoms with Crippen LogP contribution >= 0.6 is 0 Å². The highest BCUT2D eigenvalue weighted by atomic mass is 19.1. The monoisotopic (exact) mass is 491 g/mol. The van der Waals surface area contributed by atoms with Gasteiger partial charge in [-0.25, -0.2) is 13.8 Å². The van der Waals surface area contributed by atoms with Crippen LogP contribution in [0.5, 0.6) is 6.01 Å². The van der Waals surface area contributed by atoms with Crippen molar-refractivity contribution in [2.24, 2.45) is 5.92 Å². The molecule has 1 atom stereocenters. The summed E-state index contributed by atoms with van der Waals surface area (Å²) >= 11 is 0. The molecule has 7 heterocycles. The summed E-state index contributed by atoms with van der Waals surface area (Å²) in [6.07, 6.45) is 6.76. The molecule has 0 amide bonds. The molecule has 10 heteroatoms. The SMILES string of the molecule is CCOc1nc(C)c2nc(-c3cncc(F)c3)n(Cc3ncc(C4CN5CCC4CC5)cc3F)c2n1. The van der Waals surface area contributed by atoms with Crippen molar-refractivity contribution in [3.8, 4) is 17.4 Å². The second-order valence-electron chi connectivity index (χ2n) is 9.55. The van der Waals surface area contributed by atoms with Crippen LogP contribution < -0.4 is 4.74 Å². The Bertz CT molecular complexity index is 1430. The number of hydrogen-bond acceptors (Lipinski definition) is 7. The summed E-state index contributed by atoms with van der Waals surface area (Å²) in [6.45, 7) is 7.34. The second-order valence-corrected chi connectivity index (χ2v) is 9.55. The predicted molar refractivity (Wildman–Crippen MR) is 130 cm³/mol. The lowest BCUT2D eigenvalue weighted by molar-refractivity contribution is 0.0868. The van der Waals surface area contributed by atoms with E-state index < -0.39 is 5.82 Å². The van der Waals surface area contributed by atoms with Crippen LogP contribution in [0.15, 0.2) is 30.7 Å². The molecule has 8 nitrogen and oxygen atoms in total. The first kappa shape index (κ1) is 22.9. The Labute approximate surface area is 207 Å². The van der Waals surface area contributed by atoms with Crippen molar-refractivity contribution in [2.75, 3.05) is 26.2 Å². The summed E-state index contributed by atoms with van der Waals surface area (Å²) in [7, 11) is 0. The van der Waals surface area contributed by atoms with Crippen LogP contribution in [0.2, 0.25) is 0 Å². The Morgan fingerprint density at radius 3 is 2.58 bits per heavy atom. The van der Waals surface area contributed by atoms with Gasteiger partial charge in [-0.2, -0.15) is 9.97 Å².